The van der Waals surface area contributed by atoms with Gasteiger partial charge in [0.1, 0.15) is 5.82 Å². The average Bonchev–Trinajstić information content (AvgIpc) is 2.81. The highest BCUT2D eigenvalue weighted by molar-refractivity contribution is 5.40. The number of aromatic nitrogens is 4. The highest BCUT2D eigenvalue weighted by atomic mass is 19.1. The van der Waals surface area contributed by atoms with Crippen LogP contribution in [0.25, 0.3) is 5.69 Å². The lowest BCUT2D eigenvalue weighted by Gasteiger charge is -2.08. The van der Waals surface area contributed by atoms with Crippen molar-refractivity contribution in [3.8, 4) is 5.69 Å². The molecule has 5 nitrogen and oxygen atoms in total. The smallest absolute Gasteiger partial charge is 0.170 e. The van der Waals surface area contributed by atoms with E-state index < -0.39 is 0 Å². The number of hydrogen-bond donors (Lipinski definition) is 1. The molecule has 0 radical (unpaired) electrons. The summed E-state index contributed by atoms with van der Waals surface area (Å²) in [5.74, 6) is 0.424. The third kappa shape index (κ3) is 2.53. The molecule has 18 heavy (non-hydrogen) atoms. The van der Waals surface area contributed by atoms with E-state index >= 15 is 0 Å². The van der Waals surface area contributed by atoms with Crippen molar-refractivity contribution in [2.75, 3.05) is 6.54 Å². The summed E-state index contributed by atoms with van der Waals surface area (Å²) >= 11 is 0. The highest BCUT2D eigenvalue weighted by Gasteiger charge is 2.11. The Morgan fingerprint density at radius 1 is 1.39 bits per heavy atom. The Labute approximate surface area is 105 Å². The molecule has 0 saturated carbocycles. The third-order valence-corrected chi connectivity index (χ3v) is 2.71. The summed E-state index contributed by atoms with van der Waals surface area (Å²) in [7, 11) is 0. The maximum absolute atomic E-state index is 13.5. The number of hydrogen-bond acceptors (Lipinski definition) is 4. The fourth-order valence-corrected chi connectivity index (χ4v) is 1.71. The molecule has 0 saturated heterocycles. The predicted molar refractivity (Wildman–Crippen MR) is 65.8 cm³/mol. The molecule has 0 amide bonds. The average molecular weight is 249 g/mol. The predicted octanol–water partition coefficient (Wildman–Crippen LogP) is 1.61. The van der Waals surface area contributed by atoms with E-state index in [1.54, 1.807) is 23.7 Å². The fraction of sp³-hybridized carbons (Fsp3) is 0.417. The fourth-order valence-electron chi connectivity index (χ4n) is 1.71. The second-order valence-corrected chi connectivity index (χ2v) is 4.07. The van der Waals surface area contributed by atoms with E-state index in [4.69, 9.17) is 0 Å². The first-order chi connectivity index (χ1) is 8.74. The van der Waals surface area contributed by atoms with Crippen LogP contribution < -0.4 is 5.32 Å². The van der Waals surface area contributed by atoms with Gasteiger partial charge in [-0.15, -0.1) is 5.10 Å². The normalized spacial score (nSPS) is 10.8. The van der Waals surface area contributed by atoms with Crippen molar-refractivity contribution >= 4 is 0 Å². The number of nitrogens with one attached hydrogen (secondary N) is 1. The molecule has 1 aromatic heterocycles. The summed E-state index contributed by atoms with van der Waals surface area (Å²) in [5, 5.41) is 14.7. The zero-order valence-corrected chi connectivity index (χ0v) is 10.5. The Hall–Kier alpha value is -1.82. The second-order valence-electron chi connectivity index (χ2n) is 4.07. The van der Waals surface area contributed by atoms with Crippen LogP contribution in [0.1, 0.15) is 24.7 Å². The maximum atomic E-state index is 13.5. The summed E-state index contributed by atoms with van der Waals surface area (Å²) in [6.45, 7) is 5.27. The quantitative estimate of drug-likeness (QED) is 0.818. The Balaban J connectivity index is 2.28. The summed E-state index contributed by atoms with van der Waals surface area (Å²) < 4.78 is 15.1. The number of tetrazole rings is 1. The molecule has 0 fully saturated rings. The van der Waals surface area contributed by atoms with Gasteiger partial charge in [0.15, 0.2) is 5.82 Å². The molecule has 0 spiro atoms. The maximum Gasteiger partial charge on any atom is 0.170 e. The van der Waals surface area contributed by atoms with E-state index in [0.29, 0.717) is 23.6 Å². The van der Waals surface area contributed by atoms with Gasteiger partial charge in [0, 0.05) is 5.56 Å². The van der Waals surface area contributed by atoms with Crippen molar-refractivity contribution in [1.82, 2.24) is 25.5 Å². The van der Waals surface area contributed by atoms with Gasteiger partial charge in [0.05, 0.1) is 12.2 Å². The Morgan fingerprint density at radius 2 is 2.22 bits per heavy atom. The summed E-state index contributed by atoms with van der Waals surface area (Å²) in [5.41, 5.74) is 1.22. The van der Waals surface area contributed by atoms with Gasteiger partial charge in [-0.2, -0.15) is 4.68 Å². The second kappa shape index (κ2) is 5.68. The van der Waals surface area contributed by atoms with Gasteiger partial charge >= 0.3 is 0 Å². The van der Waals surface area contributed by atoms with Gasteiger partial charge in [-0.3, -0.25) is 0 Å². The minimum Gasteiger partial charge on any atom is -0.310 e. The number of rotatable bonds is 5. The Kier molecular flexibility index (Phi) is 3.99. The summed E-state index contributed by atoms with van der Waals surface area (Å²) in [6, 6.07) is 4.89. The molecular weight excluding hydrogens is 233 g/mol. The van der Waals surface area contributed by atoms with Crippen molar-refractivity contribution < 1.29 is 4.39 Å². The molecule has 6 heteroatoms. The molecule has 1 aromatic carbocycles. The molecule has 96 valence electrons. The Bertz CT molecular complexity index is 523. The van der Waals surface area contributed by atoms with Gasteiger partial charge < -0.3 is 5.32 Å². The van der Waals surface area contributed by atoms with Gasteiger partial charge in [-0.25, -0.2) is 4.39 Å². The monoisotopic (exact) mass is 249 g/mol. The van der Waals surface area contributed by atoms with E-state index in [9.17, 15) is 4.39 Å². The van der Waals surface area contributed by atoms with Gasteiger partial charge in [0.2, 0.25) is 0 Å². The van der Waals surface area contributed by atoms with Gasteiger partial charge in [0.25, 0.3) is 0 Å². The largest absolute Gasteiger partial charge is 0.310 e. The van der Waals surface area contributed by atoms with Crippen LogP contribution in [0.5, 0.6) is 0 Å². The third-order valence-electron chi connectivity index (χ3n) is 2.71. The molecular formula is C12H16FN5. The van der Waals surface area contributed by atoms with E-state index in [1.165, 1.54) is 6.07 Å². The van der Waals surface area contributed by atoms with Crippen LogP contribution in [0.15, 0.2) is 18.2 Å². The topological polar surface area (TPSA) is 55.6 Å². The lowest BCUT2D eigenvalue weighted by atomic mass is 10.2. The first kappa shape index (κ1) is 12.6. The van der Waals surface area contributed by atoms with Crippen LogP contribution >= 0.6 is 0 Å². The van der Waals surface area contributed by atoms with Crippen molar-refractivity contribution in [2.45, 2.75) is 26.8 Å². The molecule has 2 rings (SSSR count). The SMILES string of the molecule is CCCNCc1nnnn1-c1cccc(F)c1C. The van der Waals surface area contributed by atoms with E-state index in [1.807, 2.05) is 0 Å². The van der Waals surface area contributed by atoms with Crippen molar-refractivity contribution in [1.29, 1.82) is 0 Å². The summed E-state index contributed by atoms with van der Waals surface area (Å²) in [4.78, 5) is 0. The van der Waals surface area contributed by atoms with Crippen LogP contribution in [-0.4, -0.2) is 26.8 Å². The zero-order chi connectivity index (χ0) is 13.0. The lowest BCUT2D eigenvalue weighted by Crippen LogP contribution is -2.18. The number of halogens is 1. The van der Waals surface area contributed by atoms with E-state index in [2.05, 4.69) is 27.8 Å². The zero-order valence-electron chi connectivity index (χ0n) is 10.5. The molecule has 0 atom stereocenters. The highest BCUT2D eigenvalue weighted by Crippen LogP contribution is 2.16. The molecule has 2 aromatic rings. The van der Waals surface area contributed by atoms with Crippen LogP contribution in [-0.2, 0) is 6.54 Å². The molecule has 0 aliphatic rings. The molecule has 1 N–H and O–H groups in total. The minimum atomic E-state index is -0.254. The molecule has 0 aliphatic carbocycles. The van der Waals surface area contributed by atoms with E-state index in [0.717, 1.165) is 13.0 Å². The number of nitrogens with zero attached hydrogens (tertiary/aromatic N) is 4. The first-order valence-electron chi connectivity index (χ1n) is 5.97. The lowest BCUT2D eigenvalue weighted by molar-refractivity contribution is 0.608. The standard InChI is InChI=1S/C12H16FN5/c1-3-7-14-8-12-15-16-17-18(12)11-6-4-5-10(13)9(11)2/h4-6,14H,3,7-8H2,1-2H3. The summed E-state index contributed by atoms with van der Waals surface area (Å²) in [6.07, 6.45) is 1.04. The van der Waals surface area contributed by atoms with E-state index in [-0.39, 0.29) is 5.82 Å². The van der Waals surface area contributed by atoms with Crippen molar-refractivity contribution in [3.05, 3.63) is 35.4 Å². The van der Waals surface area contributed by atoms with Crippen LogP contribution in [0, 0.1) is 12.7 Å². The molecule has 1 heterocycles. The van der Waals surface area contributed by atoms with Crippen LogP contribution in [0.2, 0.25) is 0 Å². The van der Waals surface area contributed by atoms with Crippen molar-refractivity contribution in [2.24, 2.45) is 0 Å². The number of benzene rings is 1. The molecule has 0 unspecified atom stereocenters. The minimum absolute atomic E-state index is 0.254. The molecule has 0 bridgehead atoms. The Morgan fingerprint density at radius 3 is 3.00 bits per heavy atom. The van der Waals surface area contributed by atoms with Crippen molar-refractivity contribution in [3.63, 3.8) is 0 Å². The van der Waals surface area contributed by atoms with Gasteiger partial charge in [-0.05, 0) is 42.4 Å². The van der Waals surface area contributed by atoms with Crippen LogP contribution in [0.4, 0.5) is 4.39 Å². The first-order valence-corrected chi connectivity index (χ1v) is 5.97. The van der Waals surface area contributed by atoms with Gasteiger partial charge in [-0.1, -0.05) is 13.0 Å². The molecule has 0 aliphatic heterocycles. The van der Waals surface area contributed by atoms with Crippen LogP contribution in [0.3, 0.4) is 0 Å².